The number of hydrogen-bond donors (Lipinski definition) is 2. The SMILES string of the molecule is CCCCC(=O)NC(=S)NC1CCCC1. The van der Waals surface area contributed by atoms with E-state index in [-0.39, 0.29) is 5.91 Å². The van der Waals surface area contributed by atoms with Gasteiger partial charge in [0, 0.05) is 12.5 Å². The van der Waals surface area contributed by atoms with E-state index in [1.807, 2.05) is 0 Å². The molecule has 1 amide bonds. The molecule has 86 valence electrons. The number of rotatable bonds is 4. The van der Waals surface area contributed by atoms with Crippen LogP contribution in [0.2, 0.25) is 0 Å². The van der Waals surface area contributed by atoms with E-state index < -0.39 is 0 Å². The number of thiocarbonyl (C=S) groups is 1. The summed E-state index contributed by atoms with van der Waals surface area (Å²) in [5, 5.41) is 6.41. The highest BCUT2D eigenvalue weighted by molar-refractivity contribution is 7.80. The third-order valence-corrected chi connectivity index (χ3v) is 2.92. The molecule has 4 heteroatoms. The summed E-state index contributed by atoms with van der Waals surface area (Å²) in [6, 6.07) is 0.476. The molecule has 1 aliphatic carbocycles. The topological polar surface area (TPSA) is 41.1 Å². The van der Waals surface area contributed by atoms with Gasteiger partial charge in [-0.2, -0.15) is 0 Å². The van der Waals surface area contributed by atoms with Crippen molar-refractivity contribution in [1.29, 1.82) is 0 Å². The van der Waals surface area contributed by atoms with E-state index in [9.17, 15) is 4.79 Å². The zero-order valence-corrected chi connectivity index (χ0v) is 10.2. The molecule has 0 aromatic carbocycles. The summed E-state index contributed by atoms with van der Waals surface area (Å²) in [5.41, 5.74) is 0. The van der Waals surface area contributed by atoms with Crippen LogP contribution in [0.4, 0.5) is 0 Å². The van der Waals surface area contributed by atoms with Crippen molar-refractivity contribution in [3.63, 3.8) is 0 Å². The van der Waals surface area contributed by atoms with Gasteiger partial charge in [-0.3, -0.25) is 4.79 Å². The molecule has 0 aromatic rings. The van der Waals surface area contributed by atoms with Crippen molar-refractivity contribution in [2.45, 2.75) is 57.9 Å². The standard InChI is InChI=1S/C11H20N2OS/c1-2-3-8-10(14)13-11(15)12-9-6-4-5-7-9/h9H,2-8H2,1H3,(H2,12,13,14,15). The summed E-state index contributed by atoms with van der Waals surface area (Å²) < 4.78 is 0. The fourth-order valence-electron chi connectivity index (χ4n) is 1.82. The molecule has 1 saturated carbocycles. The van der Waals surface area contributed by atoms with E-state index in [2.05, 4.69) is 17.6 Å². The minimum Gasteiger partial charge on any atom is -0.360 e. The fraction of sp³-hybridized carbons (Fsp3) is 0.818. The van der Waals surface area contributed by atoms with Gasteiger partial charge >= 0.3 is 0 Å². The minimum absolute atomic E-state index is 0.0346. The Balaban J connectivity index is 2.14. The summed E-state index contributed by atoms with van der Waals surface area (Å²) >= 11 is 5.07. The van der Waals surface area contributed by atoms with Gasteiger partial charge in [0.25, 0.3) is 0 Å². The average Bonchev–Trinajstić information content (AvgIpc) is 2.67. The van der Waals surface area contributed by atoms with Crippen LogP contribution in [0, 0.1) is 0 Å². The maximum Gasteiger partial charge on any atom is 0.226 e. The van der Waals surface area contributed by atoms with Crippen molar-refractivity contribution in [2.24, 2.45) is 0 Å². The van der Waals surface area contributed by atoms with Gasteiger partial charge in [-0.25, -0.2) is 0 Å². The second-order valence-electron chi connectivity index (χ2n) is 4.11. The number of carbonyl (C=O) groups is 1. The van der Waals surface area contributed by atoms with Crippen LogP contribution >= 0.6 is 12.2 Å². The van der Waals surface area contributed by atoms with E-state index in [0.29, 0.717) is 17.6 Å². The molecule has 0 aliphatic heterocycles. The summed E-state index contributed by atoms with van der Waals surface area (Å²) in [7, 11) is 0. The second kappa shape index (κ2) is 6.77. The van der Waals surface area contributed by atoms with Crippen molar-refractivity contribution in [1.82, 2.24) is 10.6 Å². The van der Waals surface area contributed by atoms with Crippen LogP contribution < -0.4 is 10.6 Å². The molecule has 3 nitrogen and oxygen atoms in total. The van der Waals surface area contributed by atoms with Gasteiger partial charge in [0.15, 0.2) is 5.11 Å². The van der Waals surface area contributed by atoms with E-state index in [4.69, 9.17) is 12.2 Å². The van der Waals surface area contributed by atoms with E-state index in [1.54, 1.807) is 0 Å². The molecule has 0 saturated heterocycles. The molecule has 2 N–H and O–H groups in total. The minimum atomic E-state index is 0.0346. The first kappa shape index (κ1) is 12.4. The van der Waals surface area contributed by atoms with Crippen LogP contribution in [-0.2, 0) is 4.79 Å². The Bertz CT molecular complexity index is 225. The van der Waals surface area contributed by atoms with Crippen LogP contribution in [0.5, 0.6) is 0 Å². The Morgan fingerprint density at radius 1 is 1.40 bits per heavy atom. The Hall–Kier alpha value is -0.640. The first-order valence-corrected chi connectivity index (χ1v) is 6.23. The zero-order chi connectivity index (χ0) is 11.1. The summed E-state index contributed by atoms with van der Waals surface area (Å²) in [6.45, 7) is 2.07. The highest BCUT2D eigenvalue weighted by atomic mass is 32.1. The Kier molecular flexibility index (Phi) is 5.61. The monoisotopic (exact) mass is 228 g/mol. The molecule has 1 fully saturated rings. The fourth-order valence-corrected chi connectivity index (χ4v) is 2.10. The zero-order valence-electron chi connectivity index (χ0n) is 9.34. The van der Waals surface area contributed by atoms with Gasteiger partial charge in [-0.05, 0) is 31.5 Å². The summed E-state index contributed by atoms with van der Waals surface area (Å²) in [5.74, 6) is 0.0346. The van der Waals surface area contributed by atoms with Crippen LogP contribution in [0.25, 0.3) is 0 Å². The lowest BCUT2D eigenvalue weighted by Crippen LogP contribution is -2.43. The molecular weight excluding hydrogens is 208 g/mol. The van der Waals surface area contributed by atoms with Crippen molar-refractivity contribution in [2.75, 3.05) is 0 Å². The van der Waals surface area contributed by atoms with Crippen LogP contribution in [-0.4, -0.2) is 17.1 Å². The first-order valence-electron chi connectivity index (χ1n) is 5.82. The number of amides is 1. The smallest absolute Gasteiger partial charge is 0.226 e. The first-order chi connectivity index (χ1) is 7.22. The Labute approximate surface area is 97.0 Å². The molecule has 0 unspecified atom stereocenters. The molecule has 0 spiro atoms. The van der Waals surface area contributed by atoms with E-state index in [0.717, 1.165) is 12.8 Å². The second-order valence-corrected chi connectivity index (χ2v) is 4.51. The third kappa shape index (κ3) is 5.11. The lowest BCUT2D eigenvalue weighted by Gasteiger charge is -2.14. The lowest BCUT2D eigenvalue weighted by atomic mass is 10.2. The Morgan fingerprint density at radius 2 is 2.07 bits per heavy atom. The molecule has 1 rings (SSSR count). The molecule has 0 radical (unpaired) electrons. The highest BCUT2D eigenvalue weighted by Crippen LogP contribution is 2.17. The highest BCUT2D eigenvalue weighted by Gasteiger charge is 2.15. The van der Waals surface area contributed by atoms with Crippen molar-refractivity contribution < 1.29 is 4.79 Å². The van der Waals surface area contributed by atoms with Gasteiger partial charge < -0.3 is 10.6 Å². The van der Waals surface area contributed by atoms with Gasteiger partial charge in [0.2, 0.25) is 5.91 Å². The molecular formula is C11H20N2OS. The van der Waals surface area contributed by atoms with Crippen molar-refractivity contribution in [3.8, 4) is 0 Å². The molecule has 1 aliphatic rings. The van der Waals surface area contributed by atoms with Gasteiger partial charge in [-0.15, -0.1) is 0 Å². The van der Waals surface area contributed by atoms with Crippen molar-refractivity contribution in [3.05, 3.63) is 0 Å². The Morgan fingerprint density at radius 3 is 2.67 bits per heavy atom. The van der Waals surface area contributed by atoms with Crippen molar-refractivity contribution >= 4 is 23.2 Å². The van der Waals surface area contributed by atoms with Crippen LogP contribution in [0.15, 0.2) is 0 Å². The number of nitrogens with one attached hydrogen (secondary N) is 2. The van der Waals surface area contributed by atoms with E-state index >= 15 is 0 Å². The maximum atomic E-state index is 11.3. The maximum absolute atomic E-state index is 11.3. The number of carbonyl (C=O) groups excluding carboxylic acids is 1. The average molecular weight is 228 g/mol. The molecule has 0 aromatic heterocycles. The normalized spacial score (nSPS) is 16.3. The lowest BCUT2D eigenvalue weighted by molar-refractivity contribution is -0.119. The molecule has 15 heavy (non-hydrogen) atoms. The number of hydrogen-bond acceptors (Lipinski definition) is 2. The van der Waals surface area contributed by atoms with Gasteiger partial charge in [0.05, 0.1) is 0 Å². The molecule has 0 heterocycles. The largest absolute Gasteiger partial charge is 0.360 e. The quantitative estimate of drug-likeness (QED) is 0.724. The molecule has 0 atom stereocenters. The van der Waals surface area contributed by atoms with Crippen LogP contribution in [0.3, 0.4) is 0 Å². The summed E-state index contributed by atoms with van der Waals surface area (Å²) in [6.07, 6.45) is 7.42. The van der Waals surface area contributed by atoms with Gasteiger partial charge in [0.1, 0.15) is 0 Å². The third-order valence-electron chi connectivity index (χ3n) is 2.70. The van der Waals surface area contributed by atoms with Gasteiger partial charge in [-0.1, -0.05) is 26.2 Å². The summed E-state index contributed by atoms with van der Waals surface area (Å²) in [4.78, 5) is 11.3. The van der Waals surface area contributed by atoms with Crippen LogP contribution in [0.1, 0.15) is 51.9 Å². The predicted molar refractivity (Wildman–Crippen MR) is 65.7 cm³/mol. The molecule has 0 bridgehead atoms. The van der Waals surface area contributed by atoms with E-state index in [1.165, 1.54) is 25.7 Å². The predicted octanol–water partition coefficient (Wildman–Crippen LogP) is 2.11. The number of unbranched alkanes of at least 4 members (excludes halogenated alkanes) is 1.